The highest BCUT2D eigenvalue weighted by molar-refractivity contribution is 5.71. The van der Waals surface area contributed by atoms with E-state index in [9.17, 15) is 0 Å². The van der Waals surface area contributed by atoms with Gasteiger partial charge in [0.15, 0.2) is 0 Å². The van der Waals surface area contributed by atoms with Gasteiger partial charge in [-0.2, -0.15) is 0 Å². The molecule has 0 amide bonds. The molecule has 0 aromatic heterocycles. The molecule has 16 rings (SSSR count). The van der Waals surface area contributed by atoms with Gasteiger partial charge in [0.2, 0.25) is 0 Å². The van der Waals surface area contributed by atoms with Crippen LogP contribution in [-0.2, 0) is 41.4 Å². The van der Waals surface area contributed by atoms with Crippen molar-refractivity contribution in [3.05, 3.63) is 168 Å². The van der Waals surface area contributed by atoms with Crippen molar-refractivity contribution in [1.29, 1.82) is 0 Å². The van der Waals surface area contributed by atoms with Crippen LogP contribution < -0.4 is 0 Å². The third-order valence-electron chi connectivity index (χ3n) is 9.68. The molecule has 4 heteroatoms. The van der Waals surface area contributed by atoms with Crippen LogP contribution in [0, 0.1) is 0 Å². The highest BCUT2D eigenvalue weighted by atomic mass is 16.5. The zero-order valence-corrected chi connectivity index (χ0v) is 25.5. The van der Waals surface area contributed by atoms with Gasteiger partial charge in [0.25, 0.3) is 0 Å². The van der Waals surface area contributed by atoms with E-state index in [4.69, 9.17) is 18.9 Å². The second-order valence-electron chi connectivity index (χ2n) is 11.6. The van der Waals surface area contributed by atoms with Crippen LogP contribution in [0.25, 0.3) is 22.3 Å². The molecule has 0 saturated carbocycles. The first kappa shape index (κ1) is 28.5. The summed E-state index contributed by atoms with van der Waals surface area (Å²) in [5.74, 6) is 0. The second-order valence-corrected chi connectivity index (χ2v) is 11.6. The highest BCUT2D eigenvalue weighted by Crippen LogP contribution is 2.43. The number of benzene rings is 4. The minimum Gasteiger partial charge on any atom is -0.365 e. The maximum Gasteiger partial charge on any atom is 0.129 e. The van der Waals surface area contributed by atoms with E-state index in [1.165, 1.54) is 0 Å². The fourth-order valence-electron chi connectivity index (χ4n) is 6.69. The molecular formula is C40H36O4. The van der Waals surface area contributed by atoms with Gasteiger partial charge < -0.3 is 18.9 Å². The first-order valence-corrected chi connectivity index (χ1v) is 14.9. The van der Waals surface area contributed by atoms with Crippen LogP contribution >= 0.6 is 0 Å². The van der Waals surface area contributed by atoms with E-state index in [-0.39, 0.29) is 0 Å². The van der Waals surface area contributed by atoms with E-state index >= 15 is 0 Å². The van der Waals surface area contributed by atoms with E-state index in [2.05, 4.69) is 146 Å². The smallest absolute Gasteiger partial charge is 0.129 e. The van der Waals surface area contributed by atoms with Gasteiger partial charge in [-0.05, 0) is 93.1 Å². The molecule has 12 aliphatic carbocycles. The Labute approximate surface area is 259 Å². The molecule has 220 valence electrons. The lowest BCUT2D eigenvalue weighted by atomic mass is 9.79. The average Bonchev–Trinajstić information content (AvgIpc) is 3.12. The van der Waals surface area contributed by atoms with Gasteiger partial charge in [0, 0.05) is 28.4 Å². The van der Waals surface area contributed by atoms with Crippen LogP contribution in [0.4, 0.5) is 0 Å². The van der Waals surface area contributed by atoms with Crippen LogP contribution in [0.2, 0.25) is 0 Å². The predicted molar refractivity (Wildman–Crippen MR) is 175 cm³/mol. The van der Waals surface area contributed by atoms with Crippen molar-refractivity contribution in [2.24, 2.45) is 0 Å². The number of methoxy groups -OCH3 is 4. The van der Waals surface area contributed by atoms with Crippen LogP contribution in [0.5, 0.6) is 0 Å². The number of hydrogen-bond acceptors (Lipinski definition) is 4. The Hall–Kier alpha value is -4.32. The van der Waals surface area contributed by atoms with Gasteiger partial charge in [0.05, 0.1) is 0 Å². The standard InChI is InChI=1S/C40H36O4/c1-41-37-21-25-39(43-3,26-22-37)35-17-19-36(20-18-35)40(44-4)27-23-38(42-2,24-28-40)34-15-11-32(12-16-34)30-7-5-29(6-8-30)31-9-13-33(37)14-10-31/h5-28H,1-4H3. The Morgan fingerprint density at radius 2 is 0.432 bits per heavy atom. The minimum atomic E-state index is -0.730. The summed E-state index contributed by atoms with van der Waals surface area (Å²) in [5, 5.41) is 0. The van der Waals surface area contributed by atoms with Crippen LogP contribution in [0.3, 0.4) is 0 Å². The van der Waals surface area contributed by atoms with E-state index < -0.39 is 22.4 Å². The molecule has 0 aliphatic heterocycles. The zero-order chi connectivity index (χ0) is 30.4. The van der Waals surface area contributed by atoms with E-state index in [0.717, 1.165) is 44.5 Å². The Morgan fingerprint density at radius 3 is 0.614 bits per heavy atom. The maximum atomic E-state index is 6.14. The normalized spacial score (nSPS) is 27.9. The minimum absolute atomic E-state index is 0.698. The first-order valence-electron chi connectivity index (χ1n) is 14.9. The van der Waals surface area contributed by atoms with E-state index in [1.54, 1.807) is 28.4 Å². The van der Waals surface area contributed by atoms with Gasteiger partial charge in [-0.1, -0.05) is 97.1 Å². The molecule has 12 aliphatic rings. The number of ether oxygens (including phenoxy) is 4. The van der Waals surface area contributed by atoms with Crippen molar-refractivity contribution in [2.45, 2.75) is 22.4 Å². The van der Waals surface area contributed by atoms with E-state index in [0.29, 0.717) is 0 Å². The Bertz CT molecular complexity index is 1610. The van der Waals surface area contributed by atoms with Crippen LogP contribution in [-0.4, -0.2) is 28.4 Å². The predicted octanol–water partition coefficient (Wildman–Crippen LogP) is 8.35. The molecule has 0 atom stereocenters. The molecule has 4 aromatic rings. The van der Waals surface area contributed by atoms with Crippen molar-refractivity contribution in [2.75, 3.05) is 28.4 Å². The summed E-state index contributed by atoms with van der Waals surface area (Å²) in [5.41, 5.74) is 5.88. The Kier molecular flexibility index (Phi) is 6.91. The molecule has 12 bridgehead atoms. The SMILES string of the molecule is COC12C=CC(OC)(C=C1)c1ccc(cc1)C1(OC)C=CC(OC)(C=C1)c1ccc(cc1)-c1ccc(cc1)-c1ccc2cc1. The summed E-state index contributed by atoms with van der Waals surface area (Å²) in [4.78, 5) is 0. The molecule has 44 heavy (non-hydrogen) atoms. The Morgan fingerprint density at radius 1 is 0.273 bits per heavy atom. The molecular weight excluding hydrogens is 544 g/mol. The lowest BCUT2D eigenvalue weighted by Gasteiger charge is -2.37. The first-order chi connectivity index (χ1) is 21.4. The fourth-order valence-corrected chi connectivity index (χ4v) is 6.69. The van der Waals surface area contributed by atoms with Gasteiger partial charge in [0.1, 0.15) is 22.4 Å². The van der Waals surface area contributed by atoms with Crippen molar-refractivity contribution in [1.82, 2.24) is 0 Å². The fraction of sp³-hybridized carbons (Fsp3) is 0.200. The molecule has 4 aromatic carbocycles. The summed E-state index contributed by atoms with van der Waals surface area (Å²) in [6.07, 6.45) is 16.7. The molecule has 0 spiro atoms. The molecule has 0 fully saturated rings. The summed E-state index contributed by atoms with van der Waals surface area (Å²) in [6, 6.07) is 34.3. The highest BCUT2D eigenvalue weighted by Gasteiger charge is 2.39. The monoisotopic (exact) mass is 580 g/mol. The van der Waals surface area contributed by atoms with Crippen molar-refractivity contribution in [3.8, 4) is 22.3 Å². The lowest BCUT2D eigenvalue weighted by Crippen LogP contribution is -2.34. The third kappa shape index (κ3) is 4.37. The maximum absolute atomic E-state index is 6.14. The lowest BCUT2D eigenvalue weighted by molar-refractivity contribution is 0.0407. The van der Waals surface area contributed by atoms with Crippen molar-refractivity contribution in [3.63, 3.8) is 0 Å². The quantitative estimate of drug-likeness (QED) is 0.227. The molecule has 0 saturated heterocycles. The molecule has 0 radical (unpaired) electrons. The molecule has 0 heterocycles. The largest absolute Gasteiger partial charge is 0.365 e. The Balaban J connectivity index is 1.38. The zero-order valence-electron chi connectivity index (χ0n) is 25.5. The molecule has 0 N–H and O–H groups in total. The summed E-state index contributed by atoms with van der Waals surface area (Å²) in [6.45, 7) is 0. The number of rotatable bonds is 4. The average molecular weight is 581 g/mol. The molecule has 0 unspecified atom stereocenters. The van der Waals surface area contributed by atoms with Crippen molar-refractivity contribution < 1.29 is 18.9 Å². The van der Waals surface area contributed by atoms with Gasteiger partial charge in [-0.3, -0.25) is 0 Å². The van der Waals surface area contributed by atoms with Gasteiger partial charge in [-0.25, -0.2) is 0 Å². The summed E-state index contributed by atoms with van der Waals surface area (Å²) in [7, 11) is 6.95. The van der Waals surface area contributed by atoms with Gasteiger partial charge >= 0.3 is 0 Å². The van der Waals surface area contributed by atoms with Gasteiger partial charge in [-0.15, -0.1) is 0 Å². The molecule has 4 nitrogen and oxygen atoms in total. The third-order valence-corrected chi connectivity index (χ3v) is 9.68. The summed E-state index contributed by atoms with van der Waals surface area (Å²) >= 11 is 0. The van der Waals surface area contributed by atoms with Crippen LogP contribution in [0.1, 0.15) is 22.3 Å². The van der Waals surface area contributed by atoms with E-state index in [1.807, 2.05) is 0 Å². The van der Waals surface area contributed by atoms with Crippen molar-refractivity contribution >= 4 is 0 Å². The van der Waals surface area contributed by atoms with Crippen LogP contribution in [0.15, 0.2) is 146 Å². The summed E-state index contributed by atoms with van der Waals surface area (Å²) < 4.78 is 24.5. The second kappa shape index (κ2) is 10.7. The topological polar surface area (TPSA) is 36.9 Å². The number of hydrogen-bond donors (Lipinski definition) is 0.